The van der Waals surface area contributed by atoms with E-state index in [1.165, 1.54) is 24.0 Å². The molecular weight excluding hydrogens is 338 g/mol. The second kappa shape index (κ2) is 14.8. The van der Waals surface area contributed by atoms with E-state index in [-0.39, 0.29) is 5.91 Å². The summed E-state index contributed by atoms with van der Waals surface area (Å²) in [5, 5.41) is 7.27. The Kier molecular flexibility index (Phi) is 13.5. The quantitative estimate of drug-likeness (QED) is 0.744. The highest BCUT2D eigenvalue weighted by atomic mass is 16.2. The number of aromatic nitrogens is 4. The van der Waals surface area contributed by atoms with Crippen molar-refractivity contribution in [1.29, 1.82) is 0 Å². The topological polar surface area (TPSA) is 77.7 Å². The van der Waals surface area contributed by atoms with Crippen molar-refractivity contribution in [2.24, 2.45) is 0 Å². The first-order valence-electron chi connectivity index (χ1n) is 10.0. The van der Waals surface area contributed by atoms with E-state index in [0.717, 1.165) is 32.4 Å². The van der Waals surface area contributed by atoms with Crippen molar-refractivity contribution in [2.75, 3.05) is 13.1 Å². The molecule has 0 saturated carbocycles. The first kappa shape index (κ1) is 24.6. The van der Waals surface area contributed by atoms with Gasteiger partial charge in [-0.25, -0.2) is 4.98 Å². The van der Waals surface area contributed by atoms with Crippen molar-refractivity contribution < 1.29 is 4.79 Å². The number of rotatable bonds is 3. The number of H-pyrrole nitrogens is 2. The molecule has 1 aliphatic heterocycles. The highest BCUT2D eigenvalue weighted by Gasteiger charge is 2.26. The summed E-state index contributed by atoms with van der Waals surface area (Å²) >= 11 is 0. The summed E-state index contributed by atoms with van der Waals surface area (Å²) in [5.74, 6) is 0.527. The average molecular weight is 376 g/mol. The van der Waals surface area contributed by atoms with Gasteiger partial charge in [-0.1, -0.05) is 41.0 Å². The zero-order chi connectivity index (χ0) is 20.7. The van der Waals surface area contributed by atoms with Gasteiger partial charge < -0.3 is 9.88 Å². The third kappa shape index (κ3) is 7.41. The summed E-state index contributed by atoms with van der Waals surface area (Å²) in [6, 6.07) is 0. The number of piperidine rings is 1. The molecule has 1 fully saturated rings. The number of carbonyl (C=O) groups excluding carboxylic acids is 1. The van der Waals surface area contributed by atoms with Crippen LogP contribution >= 0.6 is 0 Å². The van der Waals surface area contributed by atoms with Crippen molar-refractivity contribution in [2.45, 2.75) is 66.2 Å². The zero-order valence-electron chi connectivity index (χ0n) is 17.7. The molecule has 2 aromatic rings. The number of amides is 1. The molecule has 0 aliphatic carbocycles. The van der Waals surface area contributed by atoms with E-state index in [0.29, 0.717) is 11.6 Å². The Balaban J connectivity index is 0.000000860. The molecule has 3 heterocycles. The van der Waals surface area contributed by atoms with Gasteiger partial charge in [0.05, 0.1) is 18.7 Å². The van der Waals surface area contributed by atoms with E-state index in [1.807, 2.05) is 24.9 Å². The highest BCUT2D eigenvalue weighted by Crippen LogP contribution is 2.29. The maximum absolute atomic E-state index is 12.2. The van der Waals surface area contributed by atoms with Gasteiger partial charge in [0.15, 0.2) is 0 Å². The molecule has 2 aromatic heterocycles. The van der Waals surface area contributed by atoms with Crippen LogP contribution in [0.2, 0.25) is 0 Å². The van der Waals surface area contributed by atoms with E-state index in [4.69, 9.17) is 0 Å². The molecule has 0 radical (unpaired) electrons. The molecule has 0 unspecified atom stereocenters. The van der Waals surface area contributed by atoms with Gasteiger partial charge in [-0.15, -0.1) is 13.2 Å². The van der Waals surface area contributed by atoms with Gasteiger partial charge in [0.1, 0.15) is 5.69 Å². The molecule has 3 rings (SSSR count). The van der Waals surface area contributed by atoms with E-state index in [2.05, 4.69) is 54.1 Å². The lowest BCUT2D eigenvalue weighted by atomic mass is 9.91. The first-order valence-corrected chi connectivity index (χ1v) is 10.0. The van der Waals surface area contributed by atoms with Crippen LogP contribution in [-0.2, 0) is 6.42 Å². The average Bonchev–Trinajstić information content (AvgIpc) is 3.43. The lowest BCUT2D eigenvalue weighted by molar-refractivity contribution is 0.0706. The van der Waals surface area contributed by atoms with Gasteiger partial charge in [-0.3, -0.25) is 9.89 Å². The summed E-state index contributed by atoms with van der Waals surface area (Å²) in [4.78, 5) is 20.9. The van der Waals surface area contributed by atoms with Crippen molar-refractivity contribution in [3.8, 4) is 0 Å². The lowest BCUT2D eigenvalue weighted by Crippen LogP contribution is -2.38. The van der Waals surface area contributed by atoms with Crippen molar-refractivity contribution >= 4 is 5.91 Å². The molecule has 6 heteroatoms. The Labute approximate surface area is 164 Å². The Bertz CT molecular complexity index is 598. The number of hydrogen-bond donors (Lipinski definition) is 2. The molecule has 152 valence electrons. The summed E-state index contributed by atoms with van der Waals surface area (Å²) in [6.07, 6.45) is 9.25. The number of carbonyl (C=O) groups is 1. The summed E-state index contributed by atoms with van der Waals surface area (Å²) in [5.41, 5.74) is 3.11. The predicted octanol–water partition coefficient (Wildman–Crippen LogP) is 4.96. The minimum absolute atomic E-state index is 0.0428. The second-order valence-electron chi connectivity index (χ2n) is 5.90. The Hall–Kier alpha value is -2.37. The van der Waals surface area contributed by atoms with Crippen LogP contribution in [0.3, 0.4) is 0 Å². The molecule has 1 amide bonds. The van der Waals surface area contributed by atoms with E-state index in [1.54, 1.807) is 6.20 Å². The Morgan fingerprint density at radius 1 is 1.19 bits per heavy atom. The van der Waals surface area contributed by atoms with Gasteiger partial charge in [0, 0.05) is 24.7 Å². The third-order valence-electron chi connectivity index (χ3n) is 4.05. The summed E-state index contributed by atoms with van der Waals surface area (Å²) in [7, 11) is 0. The van der Waals surface area contributed by atoms with Gasteiger partial charge in [-0.05, 0) is 24.8 Å². The van der Waals surface area contributed by atoms with Crippen LogP contribution in [0.25, 0.3) is 0 Å². The zero-order valence-corrected chi connectivity index (χ0v) is 17.7. The smallest absolute Gasteiger partial charge is 0.271 e. The van der Waals surface area contributed by atoms with Crippen molar-refractivity contribution in [3.05, 3.63) is 48.8 Å². The molecular formula is C21H37N5O. The number of aryl methyl sites for hydroxylation is 1. The molecule has 1 aliphatic rings. The minimum Gasteiger partial charge on any atom is -0.341 e. The molecule has 0 bridgehead atoms. The Morgan fingerprint density at radius 2 is 1.78 bits per heavy atom. The number of aromatic amines is 2. The van der Waals surface area contributed by atoms with Crippen LogP contribution in [0.15, 0.2) is 31.9 Å². The van der Waals surface area contributed by atoms with Crippen LogP contribution < -0.4 is 0 Å². The second-order valence-corrected chi connectivity index (χ2v) is 5.90. The molecule has 2 N–H and O–H groups in total. The number of nitrogens with zero attached hydrogens (tertiary/aromatic N) is 3. The Morgan fingerprint density at radius 3 is 2.26 bits per heavy atom. The van der Waals surface area contributed by atoms with E-state index in [9.17, 15) is 4.79 Å². The lowest BCUT2D eigenvalue weighted by Gasteiger charge is -2.31. The maximum atomic E-state index is 12.2. The van der Waals surface area contributed by atoms with Crippen LogP contribution in [0, 0.1) is 0 Å². The first-order chi connectivity index (χ1) is 13.2. The van der Waals surface area contributed by atoms with Gasteiger partial charge in [-0.2, -0.15) is 5.10 Å². The van der Waals surface area contributed by atoms with Gasteiger partial charge in [0.2, 0.25) is 0 Å². The van der Waals surface area contributed by atoms with Crippen LogP contribution in [-0.4, -0.2) is 44.1 Å². The van der Waals surface area contributed by atoms with Crippen LogP contribution in [0.5, 0.6) is 0 Å². The van der Waals surface area contributed by atoms with Gasteiger partial charge >= 0.3 is 0 Å². The number of hydrogen-bond acceptors (Lipinski definition) is 3. The standard InChI is InChI=1S/C14H19N5O.C3H8.C2H6.C2H4/c1-2-10-7-17-18-13(10)11-3-5-19(6-4-11)14(20)12-8-15-9-16-12;1-3-2;2*1-2/h7-9,11H,2-6H2,1H3,(H,15,16)(H,17,18);3H2,1-2H3;1-2H3;1-2H2. The largest absolute Gasteiger partial charge is 0.341 e. The molecule has 0 spiro atoms. The molecule has 1 saturated heterocycles. The number of nitrogens with one attached hydrogen (secondary N) is 2. The molecule has 0 aromatic carbocycles. The molecule has 27 heavy (non-hydrogen) atoms. The predicted molar refractivity (Wildman–Crippen MR) is 113 cm³/mol. The fourth-order valence-electron chi connectivity index (χ4n) is 2.87. The fraction of sp³-hybridized carbons (Fsp3) is 0.571. The monoisotopic (exact) mass is 375 g/mol. The SMILES string of the molecule is C=C.CC.CCC.CCc1cn[nH]c1C1CCN(C(=O)c2cnc[nH]2)CC1. The van der Waals surface area contributed by atoms with Crippen LogP contribution in [0.1, 0.15) is 81.5 Å². The van der Waals surface area contributed by atoms with E-state index < -0.39 is 0 Å². The van der Waals surface area contributed by atoms with Crippen molar-refractivity contribution in [3.63, 3.8) is 0 Å². The number of imidazole rings is 1. The summed E-state index contributed by atoms with van der Waals surface area (Å²) in [6.45, 7) is 18.0. The van der Waals surface area contributed by atoms with E-state index >= 15 is 0 Å². The normalized spacial score (nSPS) is 13.3. The highest BCUT2D eigenvalue weighted by molar-refractivity contribution is 5.92. The van der Waals surface area contributed by atoms with Crippen molar-refractivity contribution in [1.82, 2.24) is 25.1 Å². The molecule has 6 nitrogen and oxygen atoms in total. The fourth-order valence-corrected chi connectivity index (χ4v) is 2.87. The number of likely N-dealkylation sites (tertiary alicyclic amines) is 1. The maximum Gasteiger partial charge on any atom is 0.271 e. The molecule has 0 atom stereocenters. The van der Waals surface area contributed by atoms with Crippen LogP contribution in [0.4, 0.5) is 0 Å². The third-order valence-corrected chi connectivity index (χ3v) is 4.05. The minimum atomic E-state index is 0.0428. The summed E-state index contributed by atoms with van der Waals surface area (Å²) < 4.78 is 0. The van der Waals surface area contributed by atoms with Gasteiger partial charge in [0.25, 0.3) is 5.91 Å².